The Morgan fingerprint density at radius 3 is 0.682 bits per heavy atom. The highest BCUT2D eigenvalue weighted by Gasteiger charge is 2.08. The summed E-state index contributed by atoms with van der Waals surface area (Å²) in [7, 11) is 0. The number of nitro groups is 4. The lowest BCUT2D eigenvalue weighted by Gasteiger charge is -2.10. The molecule has 0 saturated carbocycles. The van der Waals surface area contributed by atoms with Gasteiger partial charge in [-0.05, 0) is 73.0 Å². The summed E-state index contributed by atoms with van der Waals surface area (Å²) in [6, 6.07) is 23.1. The molecule has 4 aromatic carbocycles. The van der Waals surface area contributed by atoms with Gasteiger partial charge < -0.3 is 21.3 Å². The van der Waals surface area contributed by atoms with Crippen molar-refractivity contribution in [2.24, 2.45) is 0 Å². The first kappa shape index (κ1) is 32.4. The molecule has 44 heavy (non-hydrogen) atoms. The summed E-state index contributed by atoms with van der Waals surface area (Å²) in [6.07, 6.45) is 0. The molecule has 0 aliphatic rings. The van der Waals surface area contributed by atoms with Gasteiger partial charge in [-0.25, -0.2) is 0 Å². The van der Waals surface area contributed by atoms with Gasteiger partial charge in [0, 0.05) is 71.3 Å². The van der Waals surface area contributed by atoms with E-state index in [1.165, 1.54) is 97.1 Å². The van der Waals surface area contributed by atoms with Crippen LogP contribution in [0.5, 0.6) is 0 Å². The highest BCUT2D eigenvalue weighted by Crippen LogP contribution is 2.19. The summed E-state index contributed by atoms with van der Waals surface area (Å²) in [4.78, 5) is 40.2. The fourth-order valence-corrected chi connectivity index (χ4v) is 3.72. The average Bonchev–Trinajstić information content (AvgIpc) is 2.98. The molecular weight excluding hydrogens is 616 g/mol. The minimum atomic E-state index is -0.489. The van der Waals surface area contributed by atoms with Crippen molar-refractivity contribution in [2.75, 3.05) is 21.3 Å². The molecule has 224 valence electrons. The van der Waals surface area contributed by atoms with E-state index in [9.17, 15) is 40.5 Å². The van der Waals surface area contributed by atoms with Gasteiger partial charge in [0.05, 0.1) is 19.7 Å². The minimum absolute atomic E-state index is 0.0141. The van der Waals surface area contributed by atoms with Crippen LogP contribution in [0.2, 0.25) is 0 Å². The summed E-state index contributed by atoms with van der Waals surface area (Å²) in [6.45, 7) is 0. The van der Waals surface area contributed by atoms with Crippen LogP contribution in [-0.4, -0.2) is 29.9 Å². The van der Waals surface area contributed by atoms with E-state index in [2.05, 4.69) is 21.3 Å². The molecule has 0 fully saturated rings. The van der Waals surface area contributed by atoms with Crippen molar-refractivity contribution in [3.8, 4) is 0 Å². The number of rotatable bonds is 8. The molecule has 0 saturated heterocycles. The molecule has 0 heterocycles. The number of nitrogens with zero attached hydrogens (tertiary/aromatic N) is 4. The van der Waals surface area contributed by atoms with Crippen LogP contribution in [0.1, 0.15) is 0 Å². The van der Waals surface area contributed by atoms with Crippen LogP contribution in [0.15, 0.2) is 97.1 Å². The number of nitro benzene ring substituents is 4. The molecule has 0 aliphatic heterocycles. The Morgan fingerprint density at radius 2 is 0.545 bits per heavy atom. The van der Waals surface area contributed by atoms with E-state index in [1.54, 1.807) is 0 Å². The number of benzene rings is 4. The van der Waals surface area contributed by atoms with E-state index in [-0.39, 0.29) is 33.0 Å². The van der Waals surface area contributed by atoms with Gasteiger partial charge in [-0.2, -0.15) is 0 Å². The predicted octanol–water partition coefficient (Wildman–Crippen LogP) is 6.62. The van der Waals surface area contributed by atoms with E-state index in [0.717, 1.165) is 0 Å². The quantitative estimate of drug-likeness (QED) is 0.0906. The summed E-state index contributed by atoms with van der Waals surface area (Å²) >= 11 is 10.2. The number of thiocarbonyl (C=S) groups is 2. The van der Waals surface area contributed by atoms with Crippen molar-refractivity contribution in [2.45, 2.75) is 0 Å². The van der Waals surface area contributed by atoms with Gasteiger partial charge in [-0.1, -0.05) is 0 Å². The molecule has 0 aliphatic carbocycles. The molecule has 16 nitrogen and oxygen atoms in total. The maximum absolute atomic E-state index is 10.6. The Balaban J connectivity index is 0.000000240. The number of hydrogen-bond donors (Lipinski definition) is 4. The zero-order chi connectivity index (χ0) is 32.2. The summed E-state index contributed by atoms with van der Waals surface area (Å²) in [5, 5.41) is 54.2. The standard InChI is InChI=1S/2C13H10N4O4S/c2*18-16(19)11-5-1-9(2-6-11)14-13(22)15-10-3-7-12(8-4-10)17(20)21/h2*1-8H,(H2,14,15,22). The van der Waals surface area contributed by atoms with Gasteiger partial charge in [-0.15, -0.1) is 0 Å². The van der Waals surface area contributed by atoms with Crippen molar-refractivity contribution in [1.82, 2.24) is 0 Å². The number of non-ortho nitro benzene ring substituents is 4. The number of hydrogen-bond acceptors (Lipinski definition) is 10. The molecule has 4 rings (SSSR count). The predicted molar refractivity (Wildman–Crippen MR) is 172 cm³/mol. The van der Waals surface area contributed by atoms with Crippen LogP contribution in [0.25, 0.3) is 0 Å². The molecule has 18 heteroatoms. The third kappa shape index (κ3) is 10.0. The highest BCUT2D eigenvalue weighted by atomic mass is 32.1. The second kappa shape index (κ2) is 15.2. The monoisotopic (exact) mass is 636 g/mol. The van der Waals surface area contributed by atoms with Crippen molar-refractivity contribution in [1.29, 1.82) is 0 Å². The van der Waals surface area contributed by atoms with Crippen LogP contribution in [0.4, 0.5) is 45.5 Å². The molecule has 0 unspecified atom stereocenters. The van der Waals surface area contributed by atoms with E-state index in [0.29, 0.717) is 22.7 Å². The van der Waals surface area contributed by atoms with Gasteiger partial charge in [0.15, 0.2) is 10.2 Å². The van der Waals surface area contributed by atoms with Gasteiger partial charge in [0.2, 0.25) is 0 Å². The molecule has 0 aromatic heterocycles. The topological polar surface area (TPSA) is 221 Å². The fourth-order valence-electron chi connectivity index (χ4n) is 3.25. The molecule has 0 amide bonds. The minimum Gasteiger partial charge on any atom is -0.332 e. The molecule has 4 aromatic rings. The SMILES string of the molecule is O=[N+]([O-])c1ccc(NC(=S)Nc2ccc([N+](=O)[O-])cc2)cc1.O=[N+]([O-])c1ccc(NC(=S)Nc2ccc([N+](=O)[O-])cc2)cc1. The Hall–Kier alpha value is -6.14. The maximum atomic E-state index is 10.6. The van der Waals surface area contributed by atoms with E-state index in [1.807, 2.05) is 0 Å². The number of anilines is 4. The molecule has 0 atom stereocenters. The smallest absolute Gasteiger partial charge is 0.269 e. The third-order valence-electron chi connectivity index (χ3n) is 5.34. The Bertz CT molecular complexity index is 1440. The zero-order valence-corrected chi connectivity index (χ0v) is 23.7. The Labute approximate surface area is 258 Å². The van der Waals surface area contributed by atoms with Crippen LogP contribution in [0.3, 0.4) is 0 Å². The van der Waals surface area contributed by atoms with E-state index >= 15 is 0 Å². The first-order valence-electron chi connectivity index (χ1n) is 12.0. The number of nitrogens with one attached hydrogen (secondary N) is 4. The van der Waals surface area contributed by atoms with Crippen molar-refractivity contribution in [3.05, 3.63) is 138 Å². The first-order chi connectivity index (χ1) is 20.9. The normalized spacial score (nSPS) is 9.82. The van der Waals surface area contributed by atoms with Gasteiger partial charge in [-0.3, -0.25) is 40.5 Å². The Kier molecular flexibility index (Phi) is 11.2. The van der Waals surface area contributed by atoms with Crippen LogP contribution >= 0.6 is 24.4 Å². The lowest BCUT2D eigenvalue weighted by atomic mass is 10.3. The van der Waals surface area contributed by atoms with Gasteiger partial charge in [0.25, 0.3) is 22.7 Å². The van der Waals surface area contributed by atoms with Crippen LogP contribution < -0.4 is 21.3 Å². The Morgan fingerprint density at radius 1 is 0.386 bits per heavy atom. The van der Waals surface area contributed by atoms with Crippen LogP contribution in [-0.2, 0) is 0 Å². The maximum Gasteiger partial charge on any atom is 0.269 e. The van der Waals surface area contributed by atoms with Crippen LogP contribution in [0, 0.1) is 40.5 Å². The second-order valence-electron chi connectivity index (χ2n) is 8.37. The second-order valence-corrected chi connectivity index (χ2v) is 9.19. The molecular formula is C26H20N8O8S2. The van der Waals surface area contributed by atoms with E-state index < -0.39 is 19.7 Å². The lowest BCUT2D eigenvalue weighted by molar-refractivity contribution is -0.385. The van der Waals surface area contributed by atoms with E-state index in [4.69, 9.17) is 24.4 Å². The van der Waals surface area contributed by atoms with Crippen molar-refractivity contribution < 1.29 is 19.7 Å². The van der Waals surface area contributed by atoms with Crippen molar-refractivity contribution in [3.63, 3.8) is 0 Å². The fraction of sp³-hybridized carbons (Fsp3) is 0. The molecule has 0 radical (unpaired) electrons. The average molecular weight is 637 g/mol. The summed E-state index contributed by atoms with van der Waals surface area (Å²) < 4.78 is 0. The van der Waals surface area contributed by atoms with Gasteiger partial charge >= 0.3 is 0 Å². The summed E-state index contributed by atoms with van der Waals surface area (Å²) in [5.41, 5.74) is 2.30. The van der Waals surface area contributed by atoms with Crippen molar-refractivity contribution >= 4 is 80.2 Å². The lowest BCUT2D eigenvalue weighted by Crippen LogP contribution is -2.18. The molecule has 0 bridgehead atoms. The highest BCUT2D eigenvalue weighted by molar-refractivity contribution is 7.81. The largest absolute Gasteiger partial charge is 0.332 e. The molecule has 0 spiro atoms. The first-order valence-corrected chi connectivity index (χ1v) is 12.9. The third-order valence-corrected chi connectivity index (χ3v) is 5.75. The zero-order valence-electron chi connectivity index (χ0n) is 22.1. The summed E-state index contributed by atoms with van der Waals surface area (Å²) in [5.74, 6) is 0. The van der Waals surface area contributed by atoms with Gasteiger partial charge in [0.1, 0.15) is 0 Å². The molecule has 4 N–H and O–H groups in total.